The van der Waals surface area contributed by atoms with E-state index in [1.165, 1.54) is 0 Å². The van der Waals surface area contributed by atoms with Crippen molar-refractivity contribution in [3.8, 4) is 0 Å². The number of nitrogens with two attached hydrogens (primary N) is 2. The zero-order chi connectivity index (χ0) is 11.4. The van der Waals surface area contributed by atoms with E-state index in [0.717, 1.165) is 13.0 Å². The first-order valence-corrected chi connectivity index (χ1v) is 5.46. The maximum absolute atomic E-state index is 11.2. The Labute approximate surface area is 90.7 Å². The van der Waals surface area contributed by atoms with Crippen molar-refractivity contribution in [3.05, 3.63) is 0 Å². The molecular weight excluding hydrogens is 194 g/mol. The Kier molecular flexibility index (Phi) is 4.50. The Balaban J connectivity index is 2.58. The zero-order valence-electron chi connectivity index (χ0n) is 9.48. The van der Waals surface area contributed by atoms with Crippen LogP contribution in [0.5, 0.6) is 0 Å². The summed E-state index contributed by atoms with van der Waals surface area (Å²) in [5.74, 6) is -0.261. The molecule has 15 heavy (non-hydrogen) atoms. The summed E-state index contributed by atoms with van der Waals surface area (Å²) in [6.07, 6.45) is 0.744. The summed E-state index contributed by atoms with van der Waals surface area (Å²) in [6.45, 7) is 5.95. The molecule has 88 valence electrons. The number of hydrogen-bond acceptors (Lipinski definition) is 4. The summed E-state index contributed by atoms with van der Waals surface area (Å²) < 4.78 is 5.53. The molecule has 1 amide bonds. The summed E-state index contributed by atoms with van der Waals surface area (Å²) >= 11 is 0. The van der Waals surface area contributed by atoms with Gasteiger partial charge < -0.3 is 16.2 Å². The normalized spacial score (nSPS) is 27.3. The molecular formula is C10H21N3O2. The molecule has 1 fully saturated rings. The van der Waals surface area contributed by atoms with Crippen molar-refractivity contribution in [1.29, 1.82) is 0 Å². The van der Waals surface area contributed by atoms with Gasteiger partial charge >= 0.3 is 0 Å². The Morgan fingerprint density at radius 3 is 2.80 bits per heavy atom. The fourth-order valence-electron chi connectivity index (χ4n) is 1.94. The molecule has 0 aromatic rings. The third-order valence-corrected chi connectivity index (χ3v) is 2.87. The van der Waals surface area contributed by atoms with Gasteiger partial charge in [0.15, 0.2) is 0 Å². The summed E-state index contributed by atoms with van der Waals surface area (Å²) in [5, 5.41) is 0. The number of rotatable bonds is 4. The number of morpholine rings is 1. The minimum Gasteiger partial charge on any atom is -0.374 e. The van der Waals surface area contributed by atoms with Gasteiger partial charge in [-0.2, -0.15) is 0 Å². The van der Waals surface area contributed by atoms with Crippen LogP contribution < -0.4 is 11.5 Å². The molecule has 5 heteroatoms. The highest BCUT2D eigenvalue weighted by atomic mass is 16.5. The predicted octanol–water partition coefficient (Wildman–Crippen LogP) is -0.702. The van der Waals surface area contributed by atoms with Gasteiger partial charge in [0, 0.05) is 19.1 Å². The SMILES string of the molecule is CCC(C(N)=O)N1CCOC(C(C)N)C1. The quantitative estimate of drug-likeness (QED) is 0.649. The Hall–Kier alpha value is -0.650. The van der Waals surface area contributed by atoms with E-state index in [2.05, 4.69) is 4.90 Å². The largest absolute Gasteiger partial charge is 0.374 e. The van der Waals surface area contributed by atoms with Gasteiger partial charge in [-0.1, -0.05) is 6.92 Å². The zero-order valence-corrected chi connectivity index (χ0v) is 9.48. The van der Waals surface area contributed by atoms with Crippen LogP contribution in [0.4, 0.5) is 0 Å². The van der Waals surface area contributed by atoms with E-state index in [4.69, 9.17) is 16.2 Å². The molecule has 0 aromatic heterocycles. The van der Waals surface area contributed by atoms with E-state index in [-0.39, 0.29) is 24.1 Å². The van der Waals surface area contributed by atoms with Crippen LogP contribution in [0, 0.1) is 0 Å². The molecule has 0 spiro atoms. The maximum atomic E-state index is 11.2. The van der Waals surface area contributed by atoms with Gasteiger partial charge in [-0.05, 0) is 13.3 Å². The van der Waals surface area contributed by atoms with Crippen molar-refractivity contribution in [2.24, 2.45) is 11.5 Å². The molecule has 0 radical (unpaired) electrons. The molecule has 3 atom stereocenters. The second-order valence-corrected chi connectivity index (χ2v) is 4.09. The molecule has 3 unspecified atom stereocenters. The minimum absolute atomic E-state index is 0.00662. The van der Waals surface area contributed by atoms with Crippen LogP contribution in [0.2, 0.25) is 0 Å². The fraction of sp³-hybridized carbons (Fsp3) is 0.900. The van der Waals surface area contributed by atoms with E-state index in [0.29, 0.717) is 13.2 Å². The van der Waals surface area contributed by atoms with E-state index in [1.54, 1.807) is 0 Å². The summed E-state index contributed by atoms with van der Waals surface area (Å²) in [7, 11) is 0. The standard InChI is InChI=1S/C10H21N3O2/c1-3-8(10(12)14)13-4-5-15-9(6-13)7(2)11/h7-9H,3-6,11H2,1-2H3,(H2,12,14). The molecule has 5 nitrogen and oxygen atoms in total. The van der Waals surface area contributed by atoms with Crippen LogP contribution in [0.1, 0.15) is 20.3 Å². The highest BCUT2D eigenvalue weighted by Crippen LogP contribution is 2.12. The lowest BCUT2D eigenvalue weighted by atomic mass is 10.1. The van der Waals surface area contributed by atoms with Gasteiger partial charge in [-0.25, -0.2) is 0 Å². The van der Waals surface area contributed by atoms with Gasteiger partial charge in [-0.15, -0.1) is 0 Å². The average Bonchev–Trinajstić information content (AvgIpc) is 2.18. The Bertz CT molecular complexity index is 221. The Morgan fingerprint density at radius 1 is 1.67 bits per heavy atom. The lowest BCUT2D eigenvalue weighted by Crippen LogP contribution is -2.55. The lowest BCUT2D eigenvalue weighted by molar-refractivity contribution is -0.127. The molecule has 0 aliphatic carbocycles. The van der Waals surface area contributed by atoms with Crippen LogP contribution in [0.15, 0.2) is 0 Å². The number of carbonyl (C=O) groups is 1. The fourth-order valence-corrected chi connectivity index (χ4v) is 1.94. The number of ether oxygens (including phenoxy) is 1. The number of amides is 1. The highest BCUT2D eigenvalue weighted by Gasteiger charge is 2.29. The molecule has 1 aliphatic heterocycles. The summed E-state index contributed by atoms with van der Waals surface area (Å²) in [6, 6.07) is -0.201. The number of carbonyl (C=O) groups excluding carboxylic acids is 1. The van der Waals surface area contributed by atoms with Crippen molar-refractivity contribution in [1.82, 2.24) is 4.90 Å². The highest BCUT2D eigenvalue weighted by molar-refractivity contribution is 5.79. The van der Waals surface area contributed by atoms with Crippen molar-refractivity contribution < 1.29 is 9.53 Å². The number of nitrogens with zero attached hydrogens (tertiary/aromatic N) is 1. The van der Waals surface area contributed by atoms with Gasteiger partial charge in [0.25, 0.3) is 0 Å². The first kappa shape index (κ1) is 12.4. The first-order chi connectivity index (χ1) is 7.06. The topological polar surface area (TPSA) is 81.6 Å². The Morgan fingerprint density at radius 2 is 2.33 bits per heavy atom. The maximum Gasteiger partial charge on any atom is 0.234 e. The monoisotopic (exact) mass is 215 g/mol. The van der Waals surface area contributed by atoms with Crippen molar-refractivity contribution in [3.63, 3.8) is 0 Å². The molecule has 1 aliphatic rings. The van der Waals surface area contributed by atoms with Gasteiger partial charge in [0.05, 0.1) is 18.8 Å². The predicted molar refractivity (Wildman–Crippen MR) is 58.2 cm³/mol. The summed E-state index contributed by atoms with van der Waals surface area (Å²) in [5.41, 5.74) is 11.1. The van der Waals surface area contributed by atoms with Crippen LogP contribution in [-0.4, -0.2) is 48.7 Å². The van der Waals surface area contributed by atoms with Gasteiger partial charge in [0.1, 0.15) is 0 Å². The molecule has 0 aromatic carbocycles. The summed E-state index contributed by atoms with van der Waals surface area (Å²) in [4.78, 5) is 13.3. The molecule has 1 rings (SSSR count). The van der Waals surface area contributed by atoms with Crippen LogP contribution in [-0.2, 0) is 9.53 Å². The first-order valence-electron chi connectivity index (χ1n) is 5.46. The van der Waals surface area contributed by atoms with Crippen LogP contribution in [0.25, 0.3) is 0 Å². The van der Waals surface area contributed by atoms with Crippen LogP contribution >= 0.6 is 0 Å². The van der Waals surface area contributed by atoms with Gasteiger partial charge in [-0.3, -0.25) is 9.69 Å². The molecule has 1 heterocycles. The molecule has 0 saturated carbocycles. The molecule has 4 N–H and O–H groups in total. The van der Waals surface area contributed by atoms with E-state index in [1.807, 2.05) is 13.8 Å². The third kappa shape index (κ3) is 3.15. The van der Waals surface area contributed by atoms with E-state index in [9.17, 15) is 4.79 Å². The molecule has 0 bridgehead atoms. The van der Waals surface area contributed by atoms with Crippen molar-refractivity contribution in [2.75, 3.05) is 19.7 Å². The van der Waals surface area contributed by atoms with Crippen LogP contribution in [0.3, 0.4) is 0 Å². The minimum atomic E-state index is -0.261. The average molecular weight is 215 g/mol. The molecule has 1 saturated heterocycles. The second-order valence-electron chi connectivity index (χ2n) is 4.09. The van der Waals surface area contributed by atoms with Crippen molar-refractivity contribution >= 4 is 5.91 Å². The third-order valence-electron chi connectivity index (χ3n) is 2.87. The lowest BCUT2D eigenvalue weighted by Gasteiger charge is -2.37. The van der Waals surface area contributed by atoms with E-state index >= 15 is 0 Å². The van der Waals surface area contributed by atoms with Crippen molar-refractivity contribution in [2.45, 2.75) is 38.5 Å². The second kappa shape index (κ2) is 5.44. The number of primary amides is 1. The van der Waals surface area contributed by atoms with Gasteiger partial charge in [0.2, 0.25) is 5.91 Å². The smallest absolute Gasteiger partial charge is 0.234 e. The van der Waals surface area contributed by atoms with E-state index < -0.39 is 0 Å². The number of hydrogen-bond donors (Lipinski definition) is 2.